The van der Waals surface area contributed by atoms with Crippen LogP contribution >= 0.6 is 27.5 Å². The van der Waals surface area contributed by atoms with E-state index in [0.717, 1.165) is 10.0 Å². The first kappa shape index (κ1) is 15.3. The van der Waals surface area contributed by atoms with E-state index < -0.39 is 11.7 Å². The molecule has 0 aliphatic carbocycles. The second-order valence-electron chi connectivity index (χ2n) is 4.91. The van der Waals surface area contributed by atoms with Gasteiger partial charge in [-0.1, -0.05) is 27.5 Å². The molecule has 0 bridgehead atoms. The minimum atomic E-state index is -0.475. The van der Waals surface area contributed by atoms with Gasteiger partial charge in [-0.15, -0.1) is 0 Å². The number of halogens is 2. The molecule has 0 fully saturated rings. The molecule has 0 spiro atoms. The molecule has 1 aromatic carbocycles. The first-order chi connectivity index (χ1) is 8.28. The van der Waals surface area contributed by atoms with Crippen LogP contribution in [0, 0.1) is 0 Å². The number of hydrogen-bond donors (Lipinski definition) is 1. The lowest BCUT2D eigenvalue weighted by Gasteiger charge is -2.19. The average Bonchev–Trinajstić information content (AvgIpc) is 2.20. The van der Waals surface area contributed by atoms with E-state index in [1.807, 2.05) is 39.0 Å². The summed E-state index contributed by atoms with van der Waals surface area (Å²) in [5.41, 5.74) is 0.513. The Labute approximate surface area is 121 Å². The Morgan fingerprint density at radius 3 is 2.72 bits per heavy atom. The molecule has 0 aliphatic heterocycles. The number of rotatable bonds is 3. The van der Waals surface area contributed by atoms with Gasteiger partial charge >= 0.3 is 6.09 Å². The molecule has 3 nitrogen and oxygen atoms in total. The SMILES string of the molecule is CC(C)(C)OC(=O)NCCc1cc(Br)ccc1Cl. The van der Waals surface area contributed by atoms with Gasteiger partial charge in [-0.2, -0.15) is 0 Å². The minimum absolute atomic E-state index is 0.409. The first-order valence-electron chi connectivity index (χ1n) is 5.69. The lowest BCUT2D eigenvalue weighted by atomic mass is 10.1. The Morgan fingerprint density at radius 2 is 2.11 bits per heavy atom. The maximum Gasteiger partial charge on any atom is 0.407 e. The molecule has 0 heterocycles. The van der Waals surface area contributed by atoms with Crippen LogP contribution in [0.4, 0.5) is 4.79 Å². The number of nitrogens with one attached hydrogen (secondary N) is 1. The van der Waals surface area contributed by atoms with Crippen LogP contribution in [0.5, 0.6) is 0 Å². The highest BCUT2D eigenvalue weighted by Gasteiger charge is 2.15. The summed E-state index contributed by atoms with van der Waals surface area (Å²) in [4.78, 5) is 11.4. The number of carbonyl (C=O) groups excluding carboxylic acids is 1. The highest BCUT2D eigenvalue weighted by Crippen LogP contribution is 2.21. The lowest BCUT2D eigenvalue weighted by Crippen LogP contribution is -2.33. The summed E-state index contributed by atoms with van der Waals surface area (Å²) in [5.74, 6) is 0. The molecule has 0 saturated carbocycles. The van der Waals surface area contributed by atoms with Crippen molar-refractivity contribution in [2.24, 2.45) is 0 Å². The van der Waals surface area contributed by atoms with Crippen molar-refractivity contribution in [3.05, 3.63) is 33.3 Å². The second kappa shape index (κ2) is 6.43. The molecular formula is C13H17BrClNO2. The zero-order chi connectivity index (χ0) is 13.8. The van der Waals surface area contributed by atoms with Crippen molar-refractivity contribution in [1.29, 1.82) is 0 Å². The molecular weight excluding hydrogens is 318 g/mol. The van der Waals surface area contributed by atoms with Gasteiger partial charge in [0.2, 0.25) is 0 Å². The van der Waals surface area contributed by atoms with Crippen molar-refractivity contribution in [2.75, 3.05) is 6.54 Å². The van der Waals surface area contributed by atoms with Crippen LogP contribution in [-0.2, 0) is 11.2 Å². The van der Waals surface area contributed by atoms with E-state index in [-0.39, 0.29) is 0 Å². The van der Waals surface area contributed by atoms with Gasteiger partial charge in [-0.3, -0.25) is 0 Å². The summed E-state index contributed by atoms with van der Waals surface area (Å²) in [5, 5.41) is 3.40. The van der Waals surface area contributed by atoms with E-state index in [4.69, 9.17) is 16.3 Å². The van der Waals surface area contributed by atoms with Crippen molar-refractivity contribution >= 4 is 33.6 Å². The van der Waals surface area contributed by atoms with Gasteiger partial charge in [-0.25, -0.2) is 4.79 Å². The van der Waals surface area contributed by atoms with Gasteiger partial charge in [0.25, 0.3) is 0 Å². The number of ether oxygens (including phenoxy) is 1. The highest BCUT2D eigenvalue weighted by molar-refractivity contribution is 9.10. The quantitative estimate of drug-likeness (QED) is 0.901. The van der Waals surface area contributed by atoms with Gasteiger partial charge in [0.05, 0.1) is 0 Å². The predicted octanol–water partition coefficient (Wildman–Crippen LogP) is 4.17. The molecule has 1 rings (SSSR count). The molecule has 1 N–H and O–H groups in total. The Kier molecular flexibility index (Phi) is 5.47. The third-order valence-corrected chi connectivity index (χ3v) is 2.93. The van der Waals surface area contributed by atoms with Crippen LogP contribution in [0.3, 0.4) is 0 Å². The van der Waals surface area contributed by atoms with Gasteiger partial charge in [0.15, 0.2) is 0 Å². The molecule has 5 heteroatoms. The molecule has 18 heavy (non-hydrogen) atoms. The minimum Gasteiger partial charge on any atom is -0.444 e. The summed E-state index contributed by atoms with van der Waals surface area (Å²) >= 11 is 9.44. The van der Waals surface area contributed by atoms with E-state index in [2.05, 4.69) is 21.2 Å². The van der Waals surface area contributed by atoms with E-state index in [1.54, 1.807) is 0 Å². The Hall–Kier alpha value is -0.740. The van der Waals surface area contributed by atoms with E-state index >= 15 is 0 Å². The smallest absolute Gasteiger partial charge is 0.407 e. The molecule has 0 saturated heterocycles. The average molecular weight is 335 g/mol. The molecule has 100 valence electrons. The van der Waals surface area contributed by atoms with Crippen molar-refractivity contribution in [3.63, 3.8) is 0 Å². The third kappa shape index (κ3) is 5.74. The number of hydrogen-bond acceptors (Lipinski definition) is 2. The van der Waals surface area contributed by atoms with Crippen molar-refractivity contribution in [3.8, 4) is 0 Å². The summed E-state index contributed by atoms with van der Waals surface area (Å²) in [6.07, 6.45) is 0.256. The maximum absolute atomic E-state index is 11.4. The number of alkyl carbamates (subject to hydrolysis) is 1. The van der Waals surface area contributed by atoms with Gasteiger partial charge in [-0.05, 0) is 51.0 Å². The topological polar surface area (TPSA) is 38.3 Å². The van der Waals surface area contributed by atoms with E-state index in [0.29, 0.717) is 18.0 Å². The fraction of sp³-hybridized carbons (Fsp3) is 0.462. The van der Waals surface area contributed by atoms with E-state index in [1.165, 1.54) is 0 Å². The normalized spacial score (nSPS) is 11.2. The zero-order valence-corrected chi connectivity index (χ0v) is 13.1. The van der Waals surface area contributed by atoms with Crippen molar-refractivity contribution in [1.82, 2.24) is 5.32 Å². The van der Waals surface area contributed by atoms with Crippen LogP contribution in [0.2, 0.25) is 5.02 Å². The summed E-state index contributed by atoms with van der Waals surface area (Å²) < 4.78 is 6.11. The fourth-order valence-corrected chi connectivity index (χ4v) is 1.97. The summed E-state index contributed by atoms with van der Waals surface area (Å²) in [6.45, 7) is 5.98. The predicted molar refractivity (Wildman–Crippen MR) is 77.1 cm³/mol. The number of carbonyl (C=O) groups is 1. The molecule has 0 aromatic heterocycles. The van der Waals surface area contributed by atoms with Gasteiger partial charge in [0.1, 0.15) is 5.60 Å². The number of benzene rings is 1. The van der Waals surface area contributed by atoms with Crippen LogP contribution in [0.1, 0.15) is 26.3 Å². The molecule has 0 unspecified atom stereocenters. The molecule has 0 radical (unpaired) electrons. The summed E-state index contributed by atoms with van der Waals surface area (Å²) in [7, 11) is 0. The van der Waals surface area contributed by atoms with Crippen LogP contribution < -0.4 is 5.32 Å². The van der Waals surface area contributed by atoms with Crippen LogP contribution in [-0.4, -0.2) is 18.2 Å². The van der Waals surface area contributed by atoms with Gasteiger partial charge in [0, 0.05) is 16.0 Å². The largest absolute Gasteiger partial charge is 0.444 e. The Balaban J connectivity index is 2.42. The highest BCUT2D eigenvalue weighted by atomic mass is 79.9. The lowest BCUT2D eigenvalue weighted by molar-refractivity contribution is 0.0528. The van der Waals surface area contributed by atoms with Crippen molar-refractivity contribution in [2.45, 2.75) is 32.8 Å². The first-order valence-corrected chi connectivity index (χ1v) is 6.86. The summed E-state index contributed by atoms with van der Waals surface area (Å²) in [6, 6.07) is 5.65. The van der Waals surface area contributed by atoms with Crippen LogP contribution in [0.15, 0.2) is 22.7 Å². The molecule has 1 aromatic rings. The molecule has 0 aliphatic rings. The maximum atomic E-state index is 11.4. The zero-order valence-electron chi connectivity index (χ0n) is 10.7. The second-order valence-corrected chi connectivity index (χ2v) is 6.24. The third-order valence-electron chi connectivity index (χ3n) is 2.07. The fourth-order valence-electron chi connectivity index (χ4n) is 1.35. The number of amides is 1. The molecule has 0 atom stereocenters. The Morgan fingerprint density at radius 1 is 1.44 bits per heavy atom. The van der Waals surface area contributed by atoms with Crippen LogP contribution in [0.25, 0.3) is 0 Å². The van der Waals surface area contributed by atoms with Gasteiger partial charge < -0.3 is 10.1 Å². The van der Waals surface area contributed by atoms with Crippen molar-refractivity contribution < 1.29 is 9.53 Å². The molecule has 1 amide bonds. The standard InChI is InChI=1S/C13H17BrClNO2/c1-13(2,3)18-12(17)16-7-6-9-8-10(14)4-5-11(9)15/h4-5,8H,6-7H2,1-3H3,(H,16,17). The Bertz CT molecular complexity index is 429. The monoisotopic (exact) mass is 333 g/mol. The van der Waals surface area contributed by atoms with E-state index in [9.17, 15) is 4.79 Å².